The van der Waals surface area contributed by atoms with E-state index in [-0.39, 0.29) is 10.8 Å². The van der Waals surface area contributed by atoms with Crippen molar-refractivity contribution in [2.24, 2.45) is 0 Å². The van der Waals surface area contributed by atoms with E-state index in [1.807, 2.05) is 12.3 Å². The van der Waals surface area contributed by atoms with Crippen molar-refractivity contribution >= 4 is 11.2 Å². The maximum Gasteiger partial charge on any atom is 0.222 e. The predicted octanol–water partition coefficient (Wildman–Crippen LogP) is 4.64. The van der Waals surface area contributed by atoms with Crippen molar-refractivity contribution in [1.82, 2.24) is 4.98 Å². The molecule has 132 valence electrons. The van der Waals surface area contributed by atoms with Crippen molar-refractivity contribution in [3.63, 3.8) is 0 Å². The van der Waals surface area contributed by atoms with E-state index < -0.39 is 11.2 Å². The standard InChI is InChI=1S/C20H29NO2S/c1-19(2,3)15-9-13(10-16(18(15)22)20(4,5)6)8-14-11-17(21-12-14)24(7)23/h9-12,21-22H,8H2,1-7H3. The molecule has 2 aromatic rings. The molecular formula is C20H29NO2S. The van der Waals surface area contributed by atoms with Gasteiger partial charge in [-0.15, -0.1) is 0 Å². The van der Waals surface area contributed by atoms with Crippen LogP contribution >= 0.6 is 0 Å². The molecule has 0 saturated carbocycles. The van der Waals surface area contributed by atoms with Gasteiger partial charge in [-0.05, 0) is 50.7 Å². The molecule has 0 aliphatic carbocycles. The Morgan fingerprint density at radius 3 is 1.83 bits per heavy atom. The fraction of sp³-hybridized carbons (Fsp3) is 0.500. The predicted molar refractivity (Wildman–Crippen MR) is 101 cm³/mol. The monoisotopic (exact) mass is 347 g/mol. The SMILES string of the molecule is C[S+]([O-])c1cc(Cc2cc(C(C)(C)C)c(O)c(C(C)(C)C)c2)c[nH]1. The van der Waals surface area contributed by atoms with Crippen LogP contribution in [-0.4, -0.2) is 20.9 Å². The van der Waals surface area contributed by atoms with Crippen molar-refractivity contribution in [2.75, 3.05) is 6.26 Å². The molecule has 1 aromatic heterocycles. The Labute approximate surface area is 148 Å². The summed E-state index contributed by atoms with van der Waals surface area (Å²) in [5, 5.41) is 11.5. The van der Waals surface area contributed by atoms with E-state index in [0.29, 0.717) is 5.75 Å². The molecule has 0 bridgehead atoms. The molecule has 1 atom stereocenters. The summed E-state index contributed by atoms with van der Waals surface area (Å²) in [7, 11) is 0. The lowest BCUT2D eigenvalue weighted by Gasteiger charge is -2.28. The van der Waals surface area contributed by atoms with Crippen LogP contribution in [0.15, 0.2) is 29.4 Å². The Bertz CT molecular complexity index is 683. The van der Waals surface area contributed by atoms with Gasteiger partial charge in [0.25, 0.3) is 0 Å². The Morgan fingerprint density at radius 2 is 1.46 bits per heavy atom. The van der Waals surface area contributed by atoms with Gasteiger partial charge >= 0.3 is 0 Å². The van der Waals surface area contributed by atoms with Crippen LogP contribution in [0, 0.1) is 0 Å². The van der Waals surface area contributed by atoms with Crippen molar-refractivity contribution in [3.05, 3.63) is 46.6 Å². The lowest BCUT2D eigenvalue weighted by Crippen LogP contribution is -2.18. The Morgan fingerprint density at radius 1 is 0.958 bits per heavy atom. The van der Waals surface area contributed by atoms with Gasteiger partial charge in [-0.25, -0.2) is 0 Å². The van der Waals surface area contributed by atoms with Gasteiger partial charge in [0.15, 0.2) is 0 Å². The van der Waals surface area contributed by atoms with Crippen LogP contribution in [0.1, 0.15) is 63.8 Å². The van der Waals surface area contributed by atoms with Gasteiger partial charge in [0, 0.05) is 12.3 Å². The summed E-state index contributed by atoms with van der Waals surface area (Å²) in [6, 6.07) is 6.15. The molecule has 1 heterocycles. The van der Waals surface area contributed by atoms with Crippen LogP contribution < -0.4 is 0 Å². The van der Waals surface area contributed by atoms with Gasteiger partial charge in [-0.1, -0.05) is 53.7 Å². The third-order valence-electron chi connectivity index (χ3n) is 4.22. The summed E-state index contributed by atoms with van der Waals surface area (Å²) < 4.78 is 11.6. The second kappa shape index (κ2) is 6.49. The number of phenols is 1. The first-order chi connectivity index (χ1) is 10.9. The summed E-state index contributed by atoms with van der Waals surface area (Å²) in [4.78, 5) is 3.08. The smallest absolute Gasteiger partial charge is 0.222 e. The fourth-order valence-electron chi connectivity index (χ4n) is 2.86. The molecule has 0 saturated heterocycles. The zero-order valence-electron chi connectivity index (χ0n) is 15.8. The second-order valence-electron chi connectivity index (χ2n) is 8.54. The van der Waals surface area contributed by atoms with E-state index in [4.69, 9.17) is 0 Å². The number of phenolic OH excluding ortho intramolecular Hbond substituents is 1. The topological polar surface area (TPSA) is 59.1 Å². The molecule has 24 heavy (non-hydrogen) atoms. The molecular weight excluding hydrogens is 318 g/mol. The highest BCUT2D eigenvalue weighted by atomic mass is 32.2. The van der Waals surface area contributed by atoms with Crippen LogP contribution in [0.5, 0.6) is 5.75 Å². The second-order valence-corrected chi connectivity index (χ2v) is 9.89. The van der Waals surface area contributed by atoms with Crippen molar-refractivity contribution in [1.29, 1.82) is 0 Å². The highest BCUT2D eigenvalue weighted by molar-refractivity contribution is 7.90. The summed E-state index contributed by atoms with van der Waals surface area (Å²) in [5.74, 6) is 0.406. The van der Waals surface area contributed by atoms with Crippen molar-refractivity contribution in [3.8, 4) is 5.75 Å². The number of aromatic amines is 1. The molecule has 4 heteroatoms. The van der Waals surface area contributed by atoms with E-state index in [1.54, 1.807) is 6.26 Å². The molecule has 0 spiro atoms. The molecule has 2 N–H and O–H groups in total. The van der Waals surface area contributed by atoms with E-state index >= 15 is 0 Å². The number of benzene rings is 1. The number of hydrogen-bond acceptors (Lipinski definition) is 2. The first-order valence-corrected chi connectivity index (χ1v) is 9.83. The molecule has 0 fully saturated rings. The van der Waals surface area contributed by atoms with Gasteiger partial charge in [0.1, 0.15) is 12.0 Å². The lowest BCUT2D eigenvalue weighted by atomic mass is 9.78. The summed E-state index contributed by atoms with van der Waals surface area (Å²) in [6.07, 6.45) is 4.34. The molecule has 0 aliphatic heterocycles. The molecule has 0 aliphatic rings. The van der Waals surface area contributed by atoms with Crippen molar-refractivity contribution < 1.29 is 9.66 Å². The van der Waals surface area contributed by atoms with E-state index in [1.165, 1.54) is 0 Å². The third kappa shape index (κ3) is 4.17. The summed E-state index contributed by atoms with van der Waals surface area (Å²) >= 11 is -1.00. The lowest BCUT2D eigenvalue weighted by molar-refractivity contribution is 0.423. The Balaban J connectivity index is 2.49. The normalized spacial score (nSPS) is 14.0. The number of hydrogen-bond donors (Lipinski definition) is 2. The molecule has 0 radical (unpaired) electrons. The average Bonchev–Trinajstić information content (AvgIpc) is 2.86. The Hall–Kier alpha value is -1.39. The van der Waals surface area contributed by atoms with Gasteiger partial charge < -0.3 is 14.6 Å². The Kier molecular flexibility index (Phi) is 5.12. The summed E-state index contributed by atoms with van der Waals surface area (Å²) in [6.45, 7) is 12.7. The molecule has 2 rings (SSSR count). The fourth-order valence-corrected chi connectivity index (χ4v) is 3.40. The van der Waals surface area contributed by atoms with Crippen LogP contribution in [0.4, 0.5) is 0 Å². The van der Waals surface area contributed by atoms with E-state index in [2.05, 4.69) is 58.7 Å². The quantitative estimate of drug-likeness (QED) is 0.794. The van der Waals surface area contributed by atoms with Crippen LogP contribution in [0.3, 0.4) is 0 Å². The van der Waals surface area contributed by atoms with Gasteiger partial charge in [-0.3, -0.25) is 0 Å². The minimum absolute atomic E-state index is 0.131. The van der Waals surface area contributed by atoms with Gasteiger partial charge in [0.05, 0.1) is 0 Å². The third-order valence-corrected chi connectivity index (χ3v) is 5.08. The first kappa shape index (κ1) is 18.9. The first-order valence-electron chi connectivity index (χ1n) is 8.27. The highest BCUT2D eigenvalue weighted by Crippen LogP contribution is 2.40. The van der Waals surface area contributed by atoms with Gasteiger partial charge in [-0.2, -0.15) is 0 Å². The average molecular weight is 348 g/mol. The number of nitrogens with one attached hydrogen (secondary N) is 1. The van der Waals surface area contributed by atoms with Crippen LogP contribution in [0.25, 0.3) is 0 Å². The number of rotatable bonds is 3. The maximum atomic E-state index is 11.6. The number of aromatic hydroxyl groups is 1. The maximum absolute atomic E-state index is 11.6. The van der Waals surface area contributed by atoms with Gasteiger partial charge in [0.2, 0.25) is 5.03 Å². The minimum Gasteiger partial charge on any atom is -0.610 e. The highest BCUT2D eigenvalue weighted by Gasteiger charge is 2.26. The number of aromatic nitrogens is 1. The van der Waals surface area contributed by atoms with Crippen LogP contribution in [-0.2, 0) is 28.4 Å². The number of H-pyrrole nitrogens is 1. The molecule has 1 unspecified atom stereocenters. The molecule has 3 nitrogen and oxygen atoms in total. The summed E-state index contributed by atoms with van der Waals surface area (Å²) in [5.41, 5.74) is 3.95. The largest absolute Gasteiger partial charge is 0.610 e. The minimum atomic E-state index is -1.00. The van der Waals surface area contributed by atoms with E-state index in [9.17, 15) is 9.66 Å². The van der Waals surface area contributed by atoms with Crippen LogP contribution in [0.2, 0.25) is 0 Å². The van der Waals surface area contributed by atoms with E-state index in [0.717, 1.165) is 33.7 Å². The van der Waals surface area contributed by atoms with Crippen molar-refractivity contribution in [2.45, 2.75) is 63.8 Å². The molecule has 1 aromatic carbocycles. The zero-order chi connectivity index (χ0) is 18.3. The molecule has 0 amide bonds. The zero-order valence-corrected chi connectivity index (χ0v) is 16.6.